The Morgan fingerprint density at radius 3 is 2.79 bits per heavy atom. The van der Waals surface area contributed by atoms with Crippen LogP contribution in [0.3, 0.4) is 0 Å². The molecule has 0 amide bonds. The summed E-state index contributed by atoms with van der Waals surface area (Å²) < 4.78 is 13.9. The highest BCUT2D eigenvalue weighted by molar-refractivity contribution is 7.22. The summed E-state index contributed by atoms with van der Waals surface area (Å²) in [6.45, 7) is 2.23. The van der Waals surface area contributed by atoms with Crippen LogP contribution in [0.1, 0.15) is 24.0 Å². The molecule has 6 nitrogen and oxygen atoms in total. The van der Waals surface area contributed by atoms with Crippen LogP contribution in [0.4, 0.5) is 4.39 Å². The first-order valence-corrected chi connectivity index (χ1v) is 7.85. The molecule has 10 heteroatoms. The van der Waals surface area contributed by atoms with Gasteiger partial charge in [0.2, 0.25) is 0 Å². The van der Waals surface area contributed by atoms with Gasteiger partial charge in [-0.25, -0.2) is 9.37 Å². The van der Waals surface area contributed by atoms with E-state index in [1.54, 1.807) is 6.20 Å². The Hall–Kier alpha value is -1.48. The zero-order chi connectivity index (χ0) is 15.3. The van der Waals surface area contributed by atoms with Crippen molar-refractivity contribution in [1.29, 1.82) is 0 Å². The molecule has 1 fully saturated rings. The highest BCUT2D eigenvalue weighted by atomic mass is 35.5. The van der Waals surface area contributed by atoms with Gasteiger partial charge < -0.3 is 10.3 Å². The van der Waals surface area contributed by atoms with Crippen LogP contribution in [0.15, 0.2) is 17.1 Å². The summed E-state index contributed by atoms with van der Waals surface area (Å²) in [7, 11) is 0. The normalized spacial score (nSPS) is 19.9. The molecule has 2 atom stereocenters. The van der Waals surface area contributed by atoms with E-state index in [-0.39, 0.29) is 36.4 Å². The number of aromatic amines is 2. The maximum Gasteiger partial charge on any atom is 0.268 e. The fraction of sp³-hybridized carbons (Fsp3) is 0.357. The molecule has 0 radical (unpaired) electrons. The van der Waals surface area contributed by atoms with Gasteiger partial charge in [0.1, 0.15) is 16.7 Å². The molecular formula is C14H16Cl2FN5OS. The van der Waals surface area contributed by atoms with Crippen LogP contribution in [0.25, 0.3) is 20.7 Å². The van der Waals surface area contributed by atoms with Crippen molar-refractivity contribution in [1.82, 2.24) is 25.5 Å². The number of thiophene rings is 1. The van der Waals surface area contributed by atoms with Gasteiger partial charge in [-0.15, -0.1) is 36.2 Å². The molecule has 4 rings (SSSR count). The average Bonchev–Trinajstić information content (AvgIpc) is 3.17. The maximum absolute atomic E-state index is 13.3. The number of aromatic nitrogens is 4. The van der Waals surface area contributed by atoms with Crippen molar-refractivity contribution in [2.45, 2.75) is 25.6 Å². The Bertz CT molecular complexity index is 908. The highest BCUT2D eigenvalue weighted by Crippen LogP contribution is 2.32. The Kier molecular flexibility index (Phi) is 5.64. The molecule has 130 valence electrons. The lowest BCUT2D eigenvalue weighted by molar-refractivity contribution is 0.355. The number of hydrogen-bond donors (Lipinski definition) is 3. The largest absolute Gasteiger partial charge is 0.308 e. The van der Waals surface area contributed by atoms with E-state index in [0.29, 0.717) is 29.0 Å². The van der Waals surface area contributed by atoms with Gasteiger partial charge in [0.15, 0.2) is 0 Å². The lowest BCUT2D eigenvalue weighted by atomic mass is 10.2. The summed E-state index contributed by atoms with van der Waals surface area (Å²) in [5.74, 6) is 0.505. The van der Waals surface area contributed by atoms with E-state index < -0.39 is 6.17 Å². The third-order valence-corrected chi connectivity index (χ3v) is 5.06. The standard InChI is InChI=1S/C14H14FN5OS.2ClH/c1-6-8(5-17-20-6)11-3-9-12(22-11)14(21)19-13(18-9)10-2-7(15)4-16-10;;/h3,5,7,10,16H,2,4H2,1H3,(H,17,20)(H,18,19,21);2*1H/t7-,10-;;/m0../s1. The first-order valence-electron chi connectivity index (χ1n) is 7.03. The van der Waals surface area contributed by atoms with E-state index in [1.165, 1.54) is 11.3 Å². The number of nitrogens with zero attached hydrogens (tertiary/aromatic N) is 2. The third-order valence-electron chi connectivity index (χ3n) is 3.90. The second kappa shape index (κ2) is 7.18. The van der Waals surface area contributed by atoms with Crippen LogP contribution >= 0.6 is 36.2 Å². The van der Waals surface area contributed by atoms with Crippen LogP contribution in [-0.4, -0.2) is 32.9 Å². The number of aryl methyl sites for hydroxylation is 1. The molecule has 3 N–H and O–H groups in total. The van der Waals surface area contributed by atoms with E-state index in [2.05, 4.69) is 25.5 Å². The van der Waals surface area contributed by atoms with Gasteiger partial charge in [0.25, 0.3) is 5.56 Å². The summed E-state index contributed by atoms with van der Waals surface area (Å²) in [5, 5.41) is 9.93. The fourth-order valence-corrected chi connectivity index (χ4v) is 3.81. The van der Waals surface area contributed by atoms with Crippen molar-refractivity contribution < 1.29 is 4.39 Å². The number of halogens is 3. The highest BCUT2D eigenvalue weighted by Gasteiger charge is 2.27. The zero-order valence-electron chi connectivity index (χ0n) is 12.6. The summed E-state index contributed by atoms with van der Waals surface area (Å²) in [4.78, 5) is 20.5. The number of hydrogen-bond acceptors (Lipinski definition) is 5. The number of H-pyrrole nitrogens is 2. The zero-order valence-corrected chi connectivity index (χ0v) is 15.1. The topological polar surface area (TPSA) is 86.5 Å². The van der Waals surface area contributed by atoms with Crippen molar-refractivity contribution in [3.05, 3.63) is 34.1 Å². The smallest absolute Gasteiger partial charge is 0.268 e. The minimum atomic E-state index is -0.891. The van der Waals surface area contributed by atoms with Crippen molar-refractivity contribution in [2.75, 3.05) is 6.54 Å². The van der Waals surface area contributed by atoms with Gasteiger partial charge in [-0.2, -0.15) is 5.10 Å². The number of alkyl halides is 1. The summed E-state index contributed by atoms with van der Waals surface area (Å²) in [6.07, 6.45) is 1.19. The average molecular weight is 392 g/mol. The van der Waals surface area contributed by atoms with Crippen LogP contribution in [0, 0.1) is 6.92 Å². The van der Waals surface area contributed by atoms with Crippen molar-refractivity contribution in [3.63, 3.8) is 0 Å². The maximum atomic E-state index is 13.3. The molecule has 0 aliphatic carbocycles. The molecule has 4 heterocycles. The second-order valence-corrected chi connectivity index (χ2v) is 6.53. The molecule has 3 aromatic rings. The van der Waals surface area contributed by atoms with E-state index in [1.807, 2.05) is 13.0 Å². The van der Waals surface area contributed by atoms with Gasteiger partial charge in [-0.05, 0) is 13.0 Å². The number of rotatable bonds is 2. The van der Waals surface area contributed by atoms with Crippen molar-refractivity contribution >= 4 is 46.4 Å². The minimum Gasteiger partial charge on any atom is -0.308 e. The third kappa shape index (κ3) is 3.19. The number of nitrogens with one attached hydrogen (secondary N) is 3. The van der Waals surface area contributed by atoms with Gasteiger partial charge in [0.05, 0.1) is 17.8 Å². The first-order chi connectivity index (χ1) is 10.6. The van der Waals surface area contributed by atoms with E-state index in [4.69, 9.17) is 0 Å². The number of fused-ring (bicyclic) bond motifs is 1. The molecule has 0 unspecified atom stereocenters. The van der Waals surface area contributed by atoms with Gasteiger partial charge in [-0.3, -0.25) is 9.89 Å². The van der Waals surface area contributed by atoms with Crippen LogP contribution in [0.5, 0.6) is 0 Å². The molecule has 1 aliphatic heterocycles. The molecule has 0 spiro atoms. The monoisotopic (exact) mass is 391 g/mol. The predicted octanol–water partition coefficient (Wildman–Crippen LogP) is 2.90. The molecule has 1 aliphatic rings. The Morgan fingerprint density at radius 2 is 2.17 bits per heavy atom. The molecular weight excluding hydrogens is 376 g/mol. The molecule has 3 aromatic heterocycles. The molecule has 0 bridgehead atoms. The minimum absolute atomic E-state index is 0. The van der Waals surface area contributed by atoms with Crippen LogP contribution < -0.4 is 10.9 Å². The predicted molar refractivity (Wildman–Crippen MR) is 97.3 cm³/mol. The summed E-state index contributed by atoms with van der Waals surface area (Å²) in [5.41, 5.74) is 2.37. The van der Waals surface area contributed by atoms with Crippen molar-refractivity contribution in [3.8, 4) is 10.4 Å². The summed E-state index contributed by atoms with van der Waals surface area (Å²) >= 11 is 1.39. The fourth-order valence-electron chi connectivity index (χ4n) is 2.76. The van der Waals surface area contributed by atoms with E-state index >= 15 is 0 Å². The van der Waals surface area contributed by atoms with Gasteiger partial charge >= 0.3 is 0 Å². The van der Waals surface area contributed by atoms with E-state index in [9.17, 15) is 9.18 Å². The summed E-state index contributed by atoms with van der Waals surface area (Å²) in [6, 6.07) is 1.66. The molecule has 0 saturated carbocycles. The Balaban J connectivity index is 0.00000104. The Morgan fingerprint density at radius 1 is 1.38 bits per heavy atom. The van der Waals surface area contributed by atoms with Gasteiger partial charge in [0, 0.05) is 29.1 Å². The molecule has 0 aromatic carbocycles. The van der Waals surface area contributed by atoms with Crippen LogP contribution in [0.2, 0.25) is 0 Å². The first kappa shape index (κ1) is 18.9. The lowest BCUT2D eigenvalue weighted by Gasteiger charge is -2.08. The van der Waals surface area contributed by atoms with E-state index in [0.717, 1.165) is 16.1 Å². The van der Waals surface area contributed by atoms with Gasteiger partial charge in [-0.1, -0.05) is 0 Å². The lowest BCUT2D eigenvalue weighted by Crippen LogP contribution is -2.20. The molecule has 24 heavy (non-hydrogen) atoms. The molecule has 1 saturated heterocycles. The second-order valence-electron chi connectivity index (χ2n) is 5.48. The SMILES string of the molecule is Cc1[nH]ncc1-c1cc2nc([C@@H]3C[C@H](F)CN3)[nH]c(=O)c2s1.Cl.Cl. The quantitative estimate of drug-likeness (QED) is 0.626. The Labute approximate surface area is 153 Å². The van der Waals surface area contributed by atoms with Crippen LogP contribution in [-0.2, 0) is 0 Å². The van der Waals surface area contributed by atoms with Crippen molar-refractivity contribution in [2.24, 2.45) is 0 Å².